The van der Waals surface area contributed by atoms with Crippen LogP contribution in [0.5, 0.6) is 0 Å². The Kier molecular flexibility index (Phi) is 7.65. The highest BCUT2D eigenvalue weighted by Gasteiger charge is 2.32. The molecule has 2 aromatic rings. The van der Waals surface area contributed by atoms with Gasteiger partial charge in [-0.25, -0.2) is 25.9 Å². The number of nitrogens with zero attached hydrogens (tertiary/aromatic N) is 1. The molecule has 0 spiro atoms. The molecular weight excluding hydrogens is 457 g/mol. The third-order valence-electron chi connectivity index (χ3n) is 5.32. The lowest BCUT2D eigenvalue weighted by atomic mass is 9.97. The lowest BCUT2D eigenvalue weighted by Gasteiger charge is -2.30. The van der Waals surface area contributed by atoms with Crippen molar-refractivity contribution >= 4 is 26.0 Å². The number of hydrogen-bond acceptors (Lipinski definition) is 5. The van der Waals surface area contributed by atoms with Gasteiger partial charge in [0, 0.05) is 32.1 Å². The van der Waals surface area contributed by atoms with E-state index in [0.717, 1.165) is 17.7 Å². The number of nitrogens with one attached hydrogen (secondary N) is 2. The van der Waals surface area contributed by atoms with Crippen LogP contribution in [0.1, 0.15) is 18.4 Å². The van der Waals surface area contributed by atoms with Gasteiger partial charge >= 0.3 is 0 Å². The van der Waals surface area contributed by atoms with E-state index in [-0.39, 0.29) is 47.8 Å². The second-order valence-electron chi connectivity index (χ2n) is 7.63. The van der Waals surface area contributed by atoms with Gasteiger partial charge in [-0.15, -0.1) is 0 Å². The van der Waals surface area contributed by atoms with E-state index in [0.29, 0.717) is 12.8 Å². The summed E-state index contributed by atoms with van der Waals surface area (Å²) in [5, 5.41) is 2.70. The van der Waals surface area contributed by atoms with E-state index in [9.17, 15) is 26.0 Å². The molecule has 0 aromatic heterocycles. The molecule has 0 atom stereocenters. The van der Waals surface area contributed by atoms with Crippen molar-refractivity contribution in [3.05, 3.63) is 59.9 Å². The van der Waals surface area contributed by atoms with Crippen LogP contribution in [0.2, 0.25) is 0 Å². The first kappa shape index (κ1) is 24.3. The van der Waals surface area contributed by atoms with Gasteiger partial charge in [0.25, 0.3) is 0 Å². The average Bonchev–Trinajstić information content (AvgIpc) is 2.77. The fourth-order valence-corrected chi connectivity index (χ4v) is 5.93. The van der Waals surface area contributed by atoms with E-state index in [1.165, 1.54) is 28.6 Å². The first-order valence-electron chi connectivity index (χ1n) is 10.2. The standard InChI is InChI=1S/C21H26FN3O5S2/c1-16-2-6-19(7-3-16)31(27,28)24-13-12-23-21(26)17-10-14-25(15-11-17)32(29,30)20-8-4-18(22)5-9-20/h2-9,17,24H,10-15H2,1H3,(H,23,26). The maximum absolute atomic E-state index is 13.1. The van der Waals surface area contributed by atoms with Gasteiger partial charge in [0.1, 0.15) is 5.82 Å². The zero-order valence-electron chi connectivity index (χ0n) is 17.6. The summed E-state index contributed by atoms with van der Waals surface area (Å²) in [6.45, 7) is 2.38. The Hall–Kier alpha value is -2.34. The number of piperidine rings is 1. The second-order valence-corrected chi connectivity index (χ2v) is 11.3. The normalized spacial score (nSPS) is 16.1. The van der Waals surface area contributed by atoms with E-state index in [2.05, 4.69) is 10.0 Å². The number of carbonyl (C=O) groups is 1. The summed E-state index contributed by atoms with van der Waals surface area (Å²) in [5.74, 6) is -1.11. The molecule has 1 saturated heterocycles. The Labute approximate surface area is 187 Å². The minimum Gasteiger partial charge on any atom is -0.355 e. The zero-order chi connectivity index (χ0) is 23.4. The van der Waals surface area contributed by atoms with E-state index in [4.69, 9.17) is 0 Å². The predicted octanol–water partition coefficient (Wildman–Crippen LogP) is 1.63. The van der Waals surface area contributed by atoms with Crippen molar-refractivity contribution in [3.63, 3.8) is 0 Å². The van der Waals surface area contributed by atoms with Gasteiger partial charge in [-0.2, -0.15) is 4.31 Å². The molecule has 1 aliphatic heterocycles. The van der Waals surface area contributed by atoms with Crippen molar-refractivity contribution in [1.29, 1.82) is 0 Å². The van der Waals surface area contributed by atoms with Gasteiger partial charge in [-0.3, -0.25) is 4.79 Å². The Morgan fingerprint density at radius 1 is 0.938 bits per heavy atom. The summed E-state index contributed by atoms with van der Waals surface area (Å²) in [7, 11) is -7.39. The monoisotopic (exact) mass is 483 g/mol. The minimum absolute atomic E-state index is 0.0164. The molecule has 1 fully saturated rings. The molecule has 3 rings (SSSR count). The molecule has 0 aliphatic carbocycles. The Morgan fingerprint density at radius 2 is 1.50 bits per heavy atom. The number of aryl methyl sites for hydroxylation is 1. The van der Waals surface area contributed by atoms with Crippen LogP contribution in [0, 0.1) is 18.7 Å². The topological polar surface area (TPSA) is 113 Å². The molecule has 1 heterocycles. The van der Waals surface area contributed by atoms with Gasteiger partial charge in [0.15, 0.2) is 0 Å². The van der Waals surface area contributed by atoms with Crippen LogP contribution < -0.4 is 10.0 Å². The van der Waals surface area contributed by atoms with Crippen LogP contribution in [0.3, 0.4) is 0 Å². The number of hydrogen-bond donors (Lipinski definition) is 2. The molecule has 174 valence electrons. The van der Waals surface area contributed by atoms with Crippen molar-refractivity contribution in [1.82, 2.24) is 14.3 Å². The highest BCUT2D eigenvalue weighted by molar-refractivity contribution is 7.89. The number of benzene rings is 2. The van der Waals surface area contributed by atoms with Gasteiger partial charge in [-0.05, 0) is 56.2 Å². The van der Waals surface area contributed by atoms with Gasteiger partial charge in [-0.1, -0.05) is 17.7 Å². The van der Waals surface area contributed by atoms with Crippen LogP contribution in [0.15, 0.2) is 58.3 Å². The average molecular weight is 484 g/mol. The summed E-state index contributed by atoms with van der Waals surface area (Å²) in [5.41, 5.74) is 0.952. The lowest BCUT2D eigenvalue weighted by Crippen LogP contribution is -2.44. The first-order valence-corrected chi connectivity index (χ1v) is 13.1. The Balaban J connectivity index is 1.44. The summed E-state index contributed by atoms with van der Waals surface area (Å²) in [6, 6.07) is 11.1. The molecule has 11 heteroatoms. The van der Waals surface area contributed by atoms with E-state index in [1.54, 1.807) is 12.1 Å². The van der Waals surface area contributed by atoms with E-state index in [1.807, 2.05) is 6.92 Å². The van der Waals surface area contributed by atoms with Crippen molar-refractivity contribution in [2.24, 2.45) is 5.92 Å². The number of carbonyl (C=O) groups excluding carboxylic acids is 1. The highest BCUT2D eigenvalue weighted by atomic mass is 32.2. The number of rotatable bonds is 8. The molecule has 2 N–H and O–H groups in total. The van der Waals surface area contributed by atoms with Crippen LogP contribution in [0.4, 0.5) is 4.39 Å². The minimum atomic E-state index is -3.74. The zero-order valence-corrected chi connectivity index (χ0v) is 19.3. The lowest BCUT2D eigenvalue weighted by molar-refractivity contribution is -0.126. The van der Waals surface area contributed by atoms with Crippen molar-refractivity contribution in [2.75, 3.05) is 26.2 Å². The Morgan fingerprint density at radius 3 is 2.09 bits per heavy atom. The number of sulfonamides is 2. The van der Waals surface area contributed by atoms with E-state index < -0.39 is 25.9 Å². The van der Waals surface area contributed by atoms with Crippen LogP contribution in [0.25, 0.3) is 0 Å². The molecular formula is C21H26FN3O5S2. The molecule has 0 radical (unpaired) electrons. The number of halogens is 1. The van der Waals surface area contributed by atoms with Gasteiger partial charge < -0.3 is 5.32 Å². The molecule has 1 amide bonds. The summed E-state index contributed by atoms with van der Waals surface area (Å²) in [6.07, 6.45) is 0.697. The number of amides is 1. The smallest absolute Gasteiger partial charge is 0.243 e. The largest absolute Gasteiger partial charge is 0.355 e. The third-order valence-corrected chi connectivity index (χ3v) is 8.71. The Bertz CT molecular complexity index is 1140. The van der Waals surface area contributed by atoms with E-state index >= 15 is 0 Å². The quantitative estimate of drug-likeness (QED) is 0.554. The molecule has 2 aromatic carbocycles. The SMILES string of the molecule is Cc1ccc(S(=O)(=O)NCCNC(=O)C2CCN(S(=O)(=O)c3ccc(F)cc3)CC2)cc1. The van der Waals surface area contributed by atoms with Gasteiger partial charge in [0.05, 0.1) is 9.79 Å². The second kappa shape index (κ2) is 10.1. The molecule has 1 aliphatic rings. The maximum Gasteiger partial charge on any atom is 0.243 e. The molecule has 32 heavy (non-hydrogen) atoms. The predicted molar refractivity (Wildman–Crippen MR) is 117 cm³/mol. The van der Waals surface area contributed by atoms with Crippen LogP contribution in [-0.2, 0) is 24.8 Å². The molecule has 0 saturated carbocycles. The fourth-order valence-electron chi connectivity index (χ4n) is 3.43. The maximum atomic E-state index is 13.1. The fraction of sp³-hybridized carbons (Fsp3) is 0.381. The molecule has 8 nitrogen and oxygen atoms in total. The third kappa shape index (κ3) is 5.91. The van der Waals surface area contributed by atoms with Crippen LogP contribution >= 0.6 is 0 Å². The first-order chi connectivity index (χ1) is 15.1. The molecule has 0 unspecified atom stereocenters. The van der Waals surface area contributed by atoms with Gasteiger partial charge in [0.2, 0.25) is 26.0 Å². The van der Waals surface area contributed by atoms with Crippen LogP contribution in [-0.4, -0.2) is 53.2 Å². The summed E-state index contributed by atoms with van der Waals surface area (Å²) >= 11 is 0. The van der Waals surface area contributed by atoms with Crippen molar-refractivity contribution < 1.29 is 26.0 Å². The molecule has 0 bridgehead atoms. The summed E-state index contributed by atoms with van der Waals surface area (Å²) in [4.78, 5) is 12.6. The highest BCUT2D eigenvalue weighted by Crippen LogP contribution is 2.24. The van der Waals surface area contributed by atoms with Crippen molar-refractivity contribution in [3.8, 4) is 0 Å². The van der Waals surface area contributed by atoms with Crippen molar-refractivity contribution in [2.45, 2.75) is 29.6 Å². The summed E-state index contributed by atoms with van der Waals surface area (Å²) < 4.78 is 66.6.